The van der Waals surface area contributed by atoms with Crippen LogP contribution in [0.1, 0.15) is 48.9 Å². The van der Waals surface area contributed by atoms with Crippen LogP contribution in [0.15, 0.2) is 12.1 Å². The van der Waals surface area contributed by atoms with Crippen molar-refractivity contribution in [1.82, 2.24) is 5.32 Å². The fraction of sp³-hybridized carbons (Fsp3) is 0.611. The van der Waals surface area contributed by atoms with E-state index in [4.69, 9.17) is 14.2 Å². The molecule has 1 saturated carbocycles. The van der Waals surface area contributed by atoms with Crippen molar-refractivity contribution in [2.45, 2.75) is 44.6 Å². The minimum absolute atomic E-state index is 0.0991. The Labute approximate surface area is 157 Å². The lowest BCUT2D eigenvalue weighted by molar-refractivity contribution is 0.0273. The predicted octanol–water partition coefficient (Wildman–Crippen LogP) is 3.78. The first-order valence-electron chi connectivity index (χ1n) is 8.47. The minimum Gasteiger partial charge on any atom is -0.493 e. The summed E-state index contributed by atoms with van der Waals surface area (Å²) in [7, 11) is 3.15. The third-order valence-corrected chi connectivity index (χ3v) is 5.12. The predicted molar refractivity (Wildman–Crippen MR) is 102 cm³/mol. The van der Waals surface area contributed by atoms with E-state index in [0.29, 0.717) is 36.3 Å². The van der Waals surface area contributed by atoms with Crippen LogP contribution in [0, 0.1) is 3.57 Å². The largest absolute Gasteiger partial charge is 0.493 e. The first-order valence-corrected chi connectivity index (χ1v) is 9.55. The number of halogens is 1. The lowest BCUT2D eigenvalue weighted by Gasteiger charge is -2.21. The van der Waals surface area contributed by atoms with Crippen molar-refractivity contribution in [3.05, 3.63) is 21.3 Å². The summed E-state index contributed by atoms with van der Waals surface area (Å²) in [5.41, 5.74) is 0.599. The summed E-state index contributed by atoms with van der Waals surface area (Å²) in [4.78, 5) is 12.3. The van der Waals surface area contributed by atoms with Crippen LogP contribution < -0.4 is 14.8 Å². The number of benzene rings is 1. The van der Waals surface area contributed by atoms with Crippen LogP contribution in [0.5, 0.6) is 11.5 Å². The maximum Gasteiger partial charge on any atom is 0.252 e. The average Bonchev–Trinajstić information content (AvgIpc) is 2.61. The van der Waals surface area contributed by atoms with Crippen LogP contribution in [0.25, 0.3) is 0 Å². The molecule has 1 aliphatic rings. The number of methoxy groups -OCH3 is 2. The van der Waals surface area contributed by atoms with Crippen molar-refractivity contribution >= 4 is 28.5 Å². The maximum absolute atomic E-state index is 12.3. The standard InChI is InChI=1S/C18H26INO4/c1-22-16-11-14(15(19)12-17(16)23-2)18(21)20-9-6-10-24-13-7-4-3-5-8-13/h11-13H,3-10H2,1-2H3,(H,20,21). The van der Waals surface area contributed by atoms with E-state index in [-0.39, 0.29) is 5.91 Å². The normalized spacial score (nSPS) is 15.1. The molecule has 1 amide bonds. The van der Waals surface area contributed by atoms with Gasteiger partial charge < -0.3 is 19.5 Å². The fourth-order valence-corrected chi connectivity index (χ4v) is 3.56. The SMILES string of the molecule is COc1cc(I)c(C(=O)NCCCOC2CCCCC2)cc1OC. The molecule has 1 aliphatic carbocycles. The van der Waals surface area contributed by atoms with Crippen LogP contribution in [0.3, 0.4) is 0 Å². The quantitative estimate of drug-likeness (QED) is 0.487. The summed E-state index contributed by atoms with van der Waals surface area (Å²) in [6.07, 6.45) is 7.48. The smallest absolute Gasteiger partial charge is 0.252 e. The number of ether oxygens (including phenoxy) is 3. The van der Waals surface area contributed by atoms with Crippen LogP contribution in [0.2, 0.25) is 0 Å². The second kappa shape index (κ2) is 10.1. The van der Waals surface area contributed by atoms with Gasteiger partial charge in [-0.1, -0.05) is 19.3 Å². The summed E-state index contributed by atoms with van der Waals surface area (Å²) in [6.45, 7) is 1.31. The van der Waals surface area contributed by atoms with Crippen LogP contribution in [-0.2, 0) is 4.74 Å². The van der Waals surface area contributed by atoms with Crippen molar-refractivity contribution in [1.29, 1.82) is 0 Å². The molecule has 0 radical (unpaired) electrons. The highest BCUT2D eigenvalue weighted by atomic mass is 127. The van der Waals surface area contributed by atoms with Gasteiger partial charge in [-0.2, -0.15) is 0 Å². The molecule has 6 heteroatoms. The second-order valence-corrected chi connectivity index (χ2v) is 7.09. The van der Waals surface area contributed by atoms with E-state index in [1.165, 1.54) is 32.1 Å². The van der Waals surface area contributed by atoms with E-state index in [9.17, 15) is 4.79 Å². The fourth-order valence-electron chi connectivity index (χ4n) is 2.88. The number of nitrogens with one attached hydrogen (secondary N) is 1. The van der Waals surface area contributed by atoms with Crippen molar-refractivity contribution in [2.24, 2.45) is 0 Å². The Bertz CT molecular complexity index is 544. The van der Waals surface area contributed by atoms with Crippen LogP contribution >= 0.6 is 22.6 Å². The van der Waals surface area contributed by atoms with Gasteiger partial charge in [0, 0.05) is 16.7 Å². The van der Waals surface area contributed by atoms with E-state index in [1.807, 2.05) is 0 Å². The number of hydrogen-bond acceptors (Lipinski definition) is 4. The molecule has 0 bridgehead atoms. The van der Waals surface area contributed by atoms with Crippen LogP contribution in [-0.4, -0.2) is 39.4 Å². The van der Waals surface area contributed by atoms with E-state index >= 15 is 0 Å². The van der Waals surface area contributed by atoms with Crippen molar-refractivity contribution in [3.8, 4) is 11.5 Å². The van der Waals surface area contributed by atoms with Crippen molar-refractivity contribution in [3.63, 3.8) is 0 Å². The highest BCUT2D eigenvalue weighted by Crippen LogP contribution is 2.31. The molecule has 0 aromatic heterocycles. The van der Waals surface area contributed by atoms with Gasteiger partial charge in [-0.05, 0) is 54.0 Å². The third kappa shape index (κ3) is 5.51. The Morgan fingerprint density at radius 1 is 1.17 bits per heavy atom. The number of carbonyl (C=O) groups excluding carboxylic acids is 1. The molecular formula is C18H26INO4. The molecule has 0 unspecified atom stereocenters. The molecule has 0 spiro atoms. The lowest BCUT2D eigenvalue weighted by atomic mass is 9.98. The maximum atomic E-state index is 12.3. The molecule has 0 atom stereocenters. The lowest BCUT2D eigenvalue weighted by Crippen LogP contribution is -2.27. The van der Waals surface area contributed by atoms with Crippen LogP contribution in [0.4, 0.5) is 0 Å². The summed E-state index contributed by atoms with van der Waals surface area (Å²) >= 11 is 2.13. The van der Waals surface area contributed by atoms with E-state index in [2.05, 4.69) is 27.9 Å². The molecule has 1 aromatic carbocycles. The van der Waals surface area contributed by atoms with Gasteiger partial charge in [-0.3, -0.25) is 4.79 Å². The number of carbonyl (C=O) groups is 1. The molecular weight excluding hydrogens is 421 g/mol. The molecule has 1 fully saturated rings. The van der Waals surface area contributed by atoms with Gasteiger partial charge in [0.05, 0.1) is 25.9 Å². The van der Waals surface area contributed by atoms with E-state index < -0.39 is 0 Å². The summed E-state index contributed by atoms with van der Waals surface area (Å²) in [5.74, 6) is 1.08. The van der Waals surface area contributed by atoms with E-state index in [0.717, 1.165) is 9.99 Å². The van der Waals surface area contributed by atoms with Crippen molar-refractivity contribution in [2.75, 3.05) is 27.4 Å². The third-order valence-electron chi connectivity index (χ3n) is 4.23. The number of hydrogen-bond donors (Lipinski definition) is 1. The minimum atomic E-state index is -0.0991. The van der Waals surface area contributed by atoms with E-state index in [1.54, 1.807) is 26.4 Å². The van der Waals surface area contributed by atoms with Gasteiger partial charge in [-0.15, -0.1) is 0 Å². The highest BCUT2D eigenvalue weighted by Gasteiger charge is 2.16. The first-order chi connectivity index (χ1) is 11.7. The molecule has 0 aliphatic heterocycles. The summed E-state index contributed by atoms with van der Waals surface area (Å²) in [5, 5.41) is 2.95. The molecule has 24 heavy (non-hydrogen) atoms. The highest BCUT2D eigenvalue weighted by molar-refractivity contribution is 14.1. The van der Waals surface area contributed by atoms with Gasteiger partial charge in [-0.25, -0.2) is 0 Å². The number of amides is 1. The Morgan fingerprint density at radius 3 is 2.50 bits per heavy atom. The zero-order chi connectivity index (χ0) is 17.4. The monoisotopic (exact) mass is 447 g/mol. The van der Waals surface area contributed by atoms with Gasteiger partial charge in [0.25, 0.3) is 5.91 Å². The zero-order valence-corrected chi connectivity index (χ0v) is 16.6. The Balaban J connectivity index is 1.77. The van der Waals surface area contributed by atoms with Gasteiger partial charge >= 0.3 is 0 Å². The van der Waals surface area contributed by atoms with Crippen molar-refractivity contribution < 1.29 is 19.0 Å². The second-order valence-electron chi connectivity index (χ2n) is 5.93. The molecule has 1 aromatic rings. The molecule has 1 N–H and O–H groups in total. The Kier molecular flexibility index (Phi) is 8.11. The van der Waals surface area contributed by atoms with Gasteiger partial charge in [0.2, 0.25) is 0 Å². The zero-order valence-electron chi connectivity index (χ0n) is 14.4. The molecule has 0 heterocycles. The first kappa shape index (κ1) is 19.3. The molecule has 2 rings (SSSR count). The Morgan fingerprint density at radius 2 is 1.83 bits per heavy atom. The molecule has 134 valence electrons. The summed E-state index contributed by atoms with van der Waals surface area (Å²) < 4.78 is 17.2. The summed E-state index contributed by atoms with van der Waals surface area (Å²) in [6, 6.07) is 3.52. The topological polar surface area (TPSA) is 56.8 Å². The average molecular weight is 447 g/mol. The van der Waals surface area contributed by atoms with Gasteiger partial charge in [0.15, 0.2) is 11.5 Å². The Hall–Kier alpha value is -1.02. The molecule has 5 nitrogen and oxygen atoms in total. The molecule has 0 saturated heterocycles. The number of rotatable bonds is 8. The van der Waals surface area contributed by atoms with Gasteiger partial charge in [0.1, 0.15) is 0 Å².